The van der Waals surface area contributed by atoms with Crippen LogP contribution in [0.2, 0.25) is 0 Å². The maximum absolute atomic E-state index is 9.59. The third-order valence-electron chi connectivity index (χ3n) is 0.520. The van der Waals surface area contributed by atoms with E-state index < -0.39 is 0 Å². The molecule has 0 spiro atoms. The van der Waals surface area contributed by atoms with E-state index in [0.717, 1.165) is 0 Å². The van der Waals surface area contributed by atoms with Crippen molar-refractivity contribution >= 4 is 18.0 Å². The van der Waals surface area contributed by atoms with Crippen molar-refractivity contribution in [2.75, 3.05) is 6.26 Å². The molecule has 0 aromatic heterocycles. The van der Waals surface area contributed by atoms with Gasteiger partial charge in [0.1, 0.15) is 0 Å². The zero-order valence-electron chi connectivity index (χ0n) is 3.89. The maximum atomic E-state index is 9.59. The van der Waals surface area contributed by atoms with Crippen LogP contribution in [0.25, 0.3) is 0 Å². The van der Waals surface area contributed by atoms with Crippen LogP contribution in [0.5, 0.6) is 0 Å². The molecule has 0 aliphatic rings. The van der Waals surface area contributed by atoms with Crippen LogP contribution in [0.4, 0.5) is 0 Å². The van der Waals surface area contributed by atoms with Crippen LogP contribution in [0.3, 0.4) is 0 Å². The topological polar surface area (TPSA) is 17.1 Å². The summed E-state index contributed by atoms with van der Waals surface area (Å²) in [7, 11) is 0. The fourth-order valence-electron chi connectivity index (χ4n) is 0.0481. The quantitative estimate of drug-likeness (QED) is 0.515. The molecule has 0 saturated carbocycles. The maximum Gasteiger partial charge on any atom is 0.212 e. The van der Waals surface area contributed by atoms with E-state index in [1.807, 2.05) is 19.5 Å². The molecule has 0 aliphatic heterocycles. The van der Waals surface area contributed by atoms with E-state index >= 15 is 0 Å². The van der Waals surface area contributed by atoms with Gasteiger partial charge in [0.05, 0.1) is 5.25 Å². The van der Waals surface area contributed by atoms with Crippen LogP contribution in [0, 0.1) is 0 Å². The first-order valence-electron chi connectivity index (χ1n) is 1.71. The highest BCUT2D eigenvalue weighted by atomic mass is 32.2. The van der Waals surface area contributed by atoms with Crippen LogP contribution < -0.4 is 0 Å². The lowest BCUT2D eigenvalue weighted by atomic mass is 10.5. The predicted molar refractivity (Wildman–Crippen MR) is 28.7 cm³/mol. The third kappa shape index (κ3) is 2.27. The second-order valence-electron chi connectivity index (χ2n) is 0.996. The van der Waals surface area contributed by atoms with Gasteiger partial charge in [-0.2, -0.15) is 11.8 Å². The molecule has 0 amide bonds. The van der Waals surface area contributed by atoms with E-state index in [1.54, 1.807) is 0 Å². The largest absolute Gasteiger partial charge is 0.290 e. The SMILES string of the molecule is CSC(C)[C]=O. The molecule has 35 valence electrons. The molecule has 6 heavy (non-hydrogen) atoms. The zero-order valence-corrected chi connectivity index (χ0v) is 4.71. The number of rotatable bonds is 2. The number of carbonyl (C=O) groups excluding carboxylic acids is 1. The molecule has 1 unspecified atom stereocenters. The molecule has 0 bridgehead atoms. The Morgan fingerprint density at radius 2 is 2.33 bits per heavy atom. The van der Waals surface area contributed by atoms with E-state index in [0.29, 0.717) is 0 Å². The molecular formula is C4H7OS. The Labute approximate surface area is 42.1 Å². The molecule has 0 fully saturated rings. The molecule has 0 aromatic rings. The van der Waals surface area contributed by atoms with Gasteiger partial charge in [-0.15, -0.1) is 0 Å². The lowest BCUT2D eigenvalue weighted by Gasteiger charge is -1.88. The minimum atomic E-state index is 0.0463. The summed E-state index contributed by atoms with van der Waals surface area (Å²) in [4.78, 5) is 9.59. The molecule has 0 heterocycles. The Bertz CT molecular complexity index is 44.8. The monoisotopic (exact) mass is 103 g/mol. The Morgan fingerprint density at radius 1 is 1.83 bits per heavy atom. The summed E-state index contributed by atoms with van der Waals surface area (Å²) in [5, 5.41) is 0.0463. The third-order valence-corrected chi connectivity index (χ3v) is 1.32. The highest BCUT2D eigenvalue weighted by Gasteiger charge is 1.91. The van der Waals surface area contributed by atoms with Crippen molar-refractivity contribution in [3.05, 3.63) is 0 Å². The van der Waals surface area contributed by atoms with E-state index in [4.69, 9.17) is 0 Å². The summed E-state index contributed by atoms with van der Waals surface area (Å²) in [5.41, 5.74) is 0. The molecule has 0 N–H and O–H groups in total. The molecule has 2 heteroatoms. The van der Waals surface area contributed by atoms with Crippen molar-refractivity contribution in [3.63, 3.8) is 0 Å². The lowest BCUT2D eigenvalue weighted by Crippen LogP contribution is -1.92. The minimum Gasteiger partial charge on any atom is -0.290 e. The van der Waals surface area contributed by atoms with Gasteiger partial charge in [0.2, 0.25) is 6.29 Å². The lowest BCUT2D eigenvalue weighted by molar-refractivity contribution is 0.555. The highest BCUT2D eigenvalue weighted by Crippen LogP contribution is 1.98. The van der Waals surface area contributed by atoms with Gasteiger partial charge < -0.3 is 0 Å². The minimum absolute atomic E-state index is 0.0463. The van der Waals surface area contributed by atoms with E-state index in [-0.39, 0.29) is 5.25 Å². The predicted octanol–water partition coefficient (Wildman–Crippen LogP) is 0.848. The summed E-state index contributed by atoms with van der Waals surface area (Å²) in [5.74, 6) is 0. The number of thioether (sulfide) groups is 1. The Morgan fingerprint density at radius 3 is 2.33 bits per heavy atom. The van der Waals surface area contributed by atoms with Gasteiger partial charge in [-0.3, -0.25) is 4.79 Å². The van der Waals surface area contributed by atoms with Gasteiger partial charge >= 0.3 is 0 Å². The molecule has 1 nitrogen and oxygen atoms in total. The summed E-state index contributed by atoms with van der Waals surface area (Å²) in [6, 6.07) is 0. The summed E-state index contributed by atoms with van der Waals surface area (Å²) in [6.07, 6.45) is 3.71. The first kappa shape index (κ1) is 6.02. The van der Waals surface area contributed by atoms with Gasteiger partial charge in [0.15, 0.2) is 0 Å². The van der Waals surface area contributed by atoms with E-state index in [1.165, 1.54) is 11.8 Å². The molecule has 0 rings (SSSR count). The van der Waals surface area contributed by atoms with Crippen molar-refractivity contribution in [2.24, 2.45) is 0 Å². The molecule has 0 saturated heterocycles. The van der Waals surface area contributed by atoms with E-state index in [9.17, 15) is 4.79 Å². The fourth-order valence-corrected chi connectivity index (χ4v) is 0.144. The van der Waals surface area contributed by atoms with Crippen molar-refractivity contribution in [2.45, 2.75) is 12.2 Å². The highest BCUT2D eigenvalue weighted by molar-refractivity contribution is 7.99. The van der Waals surface area contributed by atoms with Crippen molar-refractivity contribution in [1.29, 1.82) is 0 Å². The Kier molecular flexibility index (Phi) is 3.23. The van der Waals surface area contributed by atoms with Crippen LogP contribution in [0.15, 0.2) is 0 Å². The summed E-state index contributed by atoms with van der Waals surface area (Å²) >= 11 is 1.50. The summed E-state index contributed by atoms with van der Waals surface area (Å²) in [6.45, 7) is 1.82. The smallest absolute Gasteiger partial charge is 0.212 e. The zero-order chi connectivity index (χ0) is 4.99. The Hall–Kier alpha value is 0.0200. The van der Waals surface area contributed by atoms with Crippen LogP contribution in [-0.2, 0) is 4.79 Å². The van der Waals surface area contributed by atoms with Crippen LogP contribution in [0.1, 0.15) is 6.92 Å². The van der Waals surface area contributed by atoms with Gasteiger partial charge in [-0.05, 0) is 13.2 Å². The molecule has 0 aromatic carbocycles. The number of hydrogen-bond donors (Lipinski definition) is 0. The second kappa shape index (κ2) is 3.22. The first-order chi connectivity index (χ1) is 2.81. The second-order valence-corrected chi connectivity index (χ2v) is 2.17. The average Bonchev–Trinajstić information content (AvgIpc) is 1.65. The van der Waals surface area contributed by atoms with Gasteiger partial charge in [-0.25, -0.2) is 0 Å². The molecule has 1 radical (unpaired) electrons. The van der Waals surface area contributed by atoms with Gasteiger partial charge in [0, 0.05) is 0 Å². The standard InChI is InChI=1S/C4H7OS/c1-4(3-5)6-2/h4H,1-2H3. The number of hydrogen-bond acceptors (Lipinski definition) is 2. The average molecular weight is 103 g/mol. The van der Waals surface area contributed by atoms with E-state index in [2.05, 4.69) is 0 Å². The summed E-state index contributed by atoms with van der Waals surface area (Å²) < 4.78 is 0. The Balaban J connectivity index is 2.96. The van der Waals surface area contributed by atoms with Gasteiger partial charge in [0.25, 0.3) is 0 Å². The van der Waals surface area contributed by atoms with Gasteiger partial charge in [-0.1, -0.05) is 0 Å². The van der Waals surface area contributed by atoms with Crippen LogP contribution >= 0.6 is 11.8 Å². The molecule has 0 aliphatic carbocycles. The van der Waals surface area contributed by atoms with Crippen LogP contribution in [-0.4, -0.2) is 17.8 Å². The molecule has 1 atom stereocenters. The van der Waals surface area contributed by atoms with Crippen molar-refractivity contribution in [1.82, 2.24) is 0 Å². The fraction of sp³-hybridized carbons (Fsp3) is 0.750. The first-order valence-corrected chi connectivity index (χ1v) is 3.00. The van der Waals surface area contributed by atoms with Crippen molar-refractivity contribution in [3.8, 4) is 0 Å². The molecular weight excluding hydrogens is 96.1 g/mol. The van der Waals surface area contributed by atoms with Crippen molar-refractivity contribution < 1.29 is 4.79 Å². The normalized spacial score (nSPS) is 13.7.